The van der Waals surface area contributed by atoms with Crippen LogP contribution in [0.25, 0.3) is 0 Å². The number of rotatable bonds is 2. The third-order valence-electron chi connectivity index (χ3n) is 0.939. The highest BCUT2D eigenvalue weighted by Crippen LogP contribution is 2.13. The van der Waals surface area contributed by atoms with Crippen molar-refractivity contribution >= 4 is 27.3 Å². The van der Waals surface area contributed by atoms with Gasteiger partial charge in [-0.25, -0.2) is 4.98 Å². The van der Waals surface area contributed by atoms with Crippen LogP contribution in [0.5, 0.6) is 0 Å². The molecule has 9 heavy (non-hydrogen) atoms. The number of aliphatic hydroxyl groups excluding tert-OH is 1. The van der Waals surface area contributed by atoms with E-state index >= 15 is 0 Å². The van der Waals surface area contributed by atoms with Gasteiger partial charge in [-0.15, -0.1) is 11.3 Å². The van der Waals surface area contributed by atoms with Crippen LogP contribution in [0.4, 0.5) is 0 Å². The molecule has 1 aromatic rings. The Morgan fingerprint density at radius 3 is 3.11 bits per heavy atom. The first-order chi connectivity index (χ1) is 4.34. The third kappa shape index (κ3) is 1.74. The van der Waals surface area contributed by atoms with E-state index < -0.39 is 6.10 Å². The number of hydrogen-bond acceptors (Lipinski definition) is 3. The van der Waals surface area contributed by atoms with Gasteiger partial charge in [-0.2, -0.15) is 0 Å². The zero-order chi connectivity index (χ0) is 6.69. The molecule has 0 aliphatic heterocycles. The second kappa shape index (κ2) is 3.29. The van der Waals surface area contributed by atoms with Crippen molar-refractivity contribution in [3.8, 4) is 0 Å². The smallest absolute Gasteiger partial charge is 0.106 e. The molecule has 1 atom stereocenters. The Hall–Kier alpha value is 0.0700. The first-order valence-corrected chi connectivity index (χ1v) is 4.53. The second-order valence-corrected chi connectivity index (χ2v) is 2.95. The van der Waals surface area contributed by atoms with Crippen LogP contribution in [0.1, 0.15) is 11.8 Å². The zero-order valence-corrected chi connectivity index (χ0v) is 7.02. The number of thiazole rings is 1. The molecule has 1 heterocycles. The fraction of sp³-hybridized carbons (Fsp3) is 0.400. The van der Waals surface area contributed by atoms with Crippen molar-refractivity contribution in [2.24, 2.45) is 0 Å². The van der Waals surface area contributed by atoms with Crippen molar-refractivity contribution in [1.29, 1.82) is 0 Å². The molecule has 0 aliphatic carbocycles. The molecular weight excluding hydrogens is 202 g/mol. The lowest BCUT2D eigenvalue weighted by Crippen LogP contribution is -1.97. The van der Waals surface area contributed by atoms with Gasteiger partial charge in [0.15, 0.2) is 0 Å². The fourth-order valence-corrected chi connectivity index (χ4v) is 1.40. The molecule has 4 heteroatoms. The molecule has 0 fully saturated rings. The van der Waals surface area contributed by atoms with E-state index in [4.69, 9.17) is 5.11 Å². The first kappa shape index (κ1) is 7.18. The summed E-state index contributed by atoms with van der Waals surface area (Å²) in [6, 6.07) is 0. The predicted molar refractivity (Wildman–Crippen MR) is 40.9 cm³/mol. The Kier molecular flexibility index (Phi) is 2.63. The molecule has 1 aromatic heterocycles. The highest BCUT2D eigenvalue weighted by atomic mass is 79.9. The number of hydrogen-bond donors (Lipinski definition) is 1. The maximum Gasteiger partial charge on any atom is 0.106 e. The van der Waals surface area contributed by atoms with Gasteiger partial charge in [0.2, 0.25) is 0 Å². The van der Waals surface area contributed by atoms with Gasteiger partial charge in [0, 0.05) is 10.7 Å². The molecule has 1 unspecified atom stereocenters. The molecule has 0 amide bonds. The highest BCUT2D eigenvalue weighted by molar-refractivity contribution is 9.09. The maximum atomic E-state index is 9.12. The number of halogens is 1. The first-order valence-electron chi connectivity index (χ1n) is 2.46. The lowest BCUT2D eigenvalue weighted by Gasteiger charge is -1.99. The van der Waals surface area contributed by atoms with Crippen LogP contribution >= 0.6 is 27.3 Å². The Bertz CT molecular complexity index is 165. The maximum absolute atomic E-state index is 9.12. The van der Waals surface area contributed by atoms with E-state index in [1.807, 2.05) is 5.38 Å². The fourth-order valence-electron chi connectivity index (χ4n) is 0.465. The molecule has 50 valence electrons. The number of nitrogens with zero attached hydrogens (tertiary/aromatic N) is 1. The van der Waals surface area contributed by atoms with Crippen LogP contribution in [-0.2, 0) is 0 Å². The molecule has 0 aliphatic rings. The third-order valence-corrected chi connectivity index (χ3v) is 2.16. The van der Waals surface area contributed by atoms with E-state index in [0.29, 0.717) is 5.33 Å². The molecule has 2 nitrogen and oxygen atoms in total. The Morgan fingerprint density at radius 1 is 1.89 bits per heavy atom. The molecule has 1 rings (SSSR count). The van der Waals surface area contributed by atoms with Gasteiger partial charge >= 0.3 is 0 Å². The Morgan fingerprint density at radius 2 is 2.67 bits per heavy atom. The average Bonchev–Trinajstić information content (AvgIpc) is 2.37. The minimum absolute atomic E-state index is 0.448. The van der Waals surface area contributed by atoms with Gasteiger partial charge in [-0.3, -0.25) is 0 Å². The molecule has 0 saturated heterocycles. The summed E-state index contributed by atoms with van der Waals surface area (Å²) in [7, 11) is 0. The molecular formula is C5H6BrNOS. The van der Waals surface area contributed by atoms with Gasteiger partial charge in [0.05, 0.1) is 11.2 Å². The summed E-state index contributed by atoms with van der Waals surface area (Å²) in [4.78, 5) is 3.93. The van der Waals surface area contributed by atoms with Crippen LogP contribution in [0, 0.1) is 0 Å². The summed E-state index contributed by atoms with van der Waals surface area (Å²) in [6.07, 6.45) is -0.448. The van der Waals surface area contributed by atoms with Crippen LogP contribution in [0.3, 0.4) is 0 Å². The predicted octanol–water partition coefficient (Wildman–Crippen LogP) is 1.57. The van der Waals surface area contributed by atoms with E-state index in [1.165, 1.54) is 11.3 Å². The lowest BCUT2D eigenvalue weighted by atomic mass is 10.3. The summed E-state index contributed by atoms with van der Waals surface area (Å²) in [5.74, 6) is 0. The summed E-state index contributed by atoms with van der Waals surface area (Å²) < 4.78 is 0. The summed E-state index contributed by atoms with van der Waals surface area (Å²) >= 11 is 4.64. The summed E-state index contributed by atoms with van der Waals surface area (Å²) in [5, 5.41) is 11.5. The van der Waals surface area contributed by atoms with Crippen LogP contribution in [0.15, 0.2) is 10.9 Å². The molecule has 0 aromatic carbocycles. The van der Waals surface area contributed by atoms with E-state index in [2.05, 4.69) is 20.9 Å². The molecule has 0 saturated carbocycles. The summed E-state index contributed by atoms with van der Waals surface area (Å²) in [6.45, 7) is 0. The second-order valence-electron chi connectivity index (χ2n) is 1.58. The van der Waals surface area contributed by atoms with E-state index in [9.17, 15) is 0 Å². The number of aliphatic hydroxyl groups is 1. The van der Waals surface area contributed by atoms with Crippen LogP contribution < -0.4 is 0 Å². The average molecular weight is 208 g/mol. The van der Waals surface area contributed by atoms with Gasteiger partial charge < -0.3 is 5.11 Å². The summed E-state index contributed by atoms with van der Waals surface area (Å²) in [5.41, 5.74) is 2.46. The molecule has 0 spiro atoms. The number of aromatic nitrogens is 1. The van der Waals surface area contributed by atoms with Crippen molar-refractivity contribution in [1.82, 2.24) is 4.98 Å². The molecule has 0 radical (unpaired) electrons. The van der Waals surface area contributed by atoms with Gasteiger partial charge in [0.1, 0.15) is 6.10 Å². The van der Waals surface area contributed by atoms with Gasteiger partial charge in [0.25, 0.3) is 0 Å². The van der Waals surface area contributed by atoms with Crippen molar-refractivity contribution < 1.29 is 5.11 Å². The topological polar surface area (TPSA) is 33.1 Å². The normalized spacial score (nSPS) is 13.6. The van der Waals surface area contributed by atoms with Crippen molar-refractivity contribution in [2.45, 2.75) is 6.10 Å². The van der Waals surface area contributed by atoms with Crippen molar-refractivity contribution in [3.63, 3.8) is 0 Å². The van der Waals surface area contributed by atoms with Crippen LogP contribution in [0.2, 0.25) is 0 Å². The lowest BCUT2D eigenvalue weighted by molar-refractivity contribution is 0.201. The molecule has 0 bridgehead atoms. The quantitative estimate of drug-likeness (QED) is 0.748. The van der Waals surface area contributed by atoms with Crippen molar-refractivity contribution in [3.05, 3.63) is 16.6 Å². The van der Waals surface area contributed by atoms with E-state index in [0.717, 1.165) is 5.69 Å². The van der Waals surface area contributed by atoms with Crippen LogP contribution in [-0.4, -0.2) is 15.4 Å². The standard InChI is InChI=1S/C5H6BrNOS/c6-1-5(8)4-2-9-3-7-4/h2-3,5,8H,1H2. The molecule has 1 N–H and O–H groups in total. The SMILES string of the molecule is OC(CBr)c1cscn1. The highest BCUT2D eigenvalue weighted by Gasteiger charge is 2.05. The number of alkyl halides is 1. The largest absolute Gasteiger partial charge is 0.386 e. The van der Waals surface area contributed by atoms with Gasteiger partial charge in [-0.1, -0.05) is 15.9 Å². The minimum atomic E-state index is -0.448. The minimum Gasteiger partial charge on any atom is -0.386 e. The zero-order valence-electron chi connectivity index (χ0n) is 4.62. The van der Waals surface area contributed by atoms with Crippen molar-refractivity contribution in [2.75, 3.05) is 5.33 Å². The van der Waals surface area contributed by atoms with Gasteiger partial charge in [-0.05, 0) is 0 Å². The Balaban J connectivity index is 2.65. The monoisotopic (exact) mass is 207 g/mol. The van der Waals surface area contributed by atoms with E-state index in [1.54, 1.807) is 5.51 Å². The Labute approximate surface area is 65.7 Å². The van der Waals surface area contributed by atoms with E-state index in [-0.39, 0.29) is 0 Å².